The second kappa shape index (κ2) is 6.77. The summed E-state index contributed by atoms with van der Waals surface area (Å²) in [5, 5.41) is 2.29. The maximum absolute atomic E-state index is 12.4. The van der Waals surface area contributed by atoms with Gasteiger partial charge in [-0.1, -0.05) is 0 Å². The first-order valence-electron chi connectivity index (χ1n) is 8.46. The summed E-state index contributed by atoms with van der Waals surface area (Å²) >= 11 is 0. The first-order valence-corrected chi connectivity index (χ1v) is 8.46. The summed E-state index contributed by atoms with van der Waals surface area (Å²) < 4.78 is 0. The van der Waals surface area contributed by atoms with E-state index >= 15 is 0 Å². The number of imide groups is 1. The molecule has 3 rings (SSSR count). The highest BCUT2D eigenvalue weighted by Crippen LogP contribution is 2.23. The van der Waals surface area contributed by atoms with Crippen LogP contribution in [0.25, 0.3) is 0 Å². The minimum absolute atomic E-state index is 0.104. The van der Waals surface area contributed by atoms with Gasteiger partial charge >= 0.3 is 0 Å². The fraction of sp³-hybridized carbons (Fsp3) is 0.812. The smallest absolute Gasteiger partial charge is 0.226 e. The molecule has 3 saturated heterocycles. The van der Waals surface area contributed by atoms with Gasteiger partial charge in [0, 0.05) is 38.4 Å². The molecule has 3 aliphatic heterocycles. The van der Waals surface area contributed by atoms with Gasteiger partial charge in [0.1, 0.15) is 0 Å². The van der Waals surface area contributed by atoms with Crippen LogP contribution in [0.3, 0.4) is 0 Å². The van der Waals surface area contributed by atoms with E-state index in [0.29, 0.717) is 25.3 Å². The number of piperidine rings is 2. The van der Waals surface area contributed by atoms with Crippen molar-refractivity contribution in [2.75, 3.05) is 26.2 Å². The number of rotatable bonds is 3. The third kappa shape index (κ3) is 3.66. The second-order valence-corrected chi connectivity index (χ2v) is 6.80. The van der Waals surface area contributed by atoms with Crippen molar-refractivity contribution in [2.45, 2.75) is 51.0 Å². The summed E-state index contributed by atoms with van der Waals surface area (Å²) in [6.45, 7) is 4.04. The Morgan fingerprint density at radius 2 is 1.59 bits per heavy atom. The van der Waals surface area contributed by atoms with E-state index in [4.69, 9.17) is 0 Å². The minimum Gasteiger partial charge on any atom is -0.343 e. The number of likely N-dealkylation sites (tertiary alicyclic amines) is 2. The van der Waals surface area contributed by atoms with Crippen LogP contribution >= 0.6 is 0 Å². The van der Waals surface area contributed by atoms with Crippen LogP contribution in [0.2, 0.25) is 0 Å². The lowest BCUT2D eigenvalue weighted by atomic mass is 9.92. The minimum atomic E-state index is -0.248. The zero-order valence-electron chi connectivity index (χ0n) is 13.1. The van der Waals surface area contributed by atoms with Gasteiger partial charge in [0.15, 0.2) is 0 Å². The molecule has 0 aromatic carbocycles. The fourth-order valence-corrected chi connectivity index (χ4v) is 3.96. The van der Waals surface area contributed by atoms with Gasteiger partial charge in [0.05, 0.1) is 0 Å². The Labute approximate surface area is 131 Å². The van der Waals surface area contributed by atoms with Gasteiger partial charge in [0.2, 0.25) is 17.7 Å². The molecule has 3 aliphatic rings. The number of carbonyl (C=O) groups excluding carboxylic acids is 3. The maximum atomic E-state index is 12.4. The molecule has 22 heavy (non-hydrogen) atoms. The van der Waals surface area contributed by atoms with Crippen molar-refractivity contribution >= 4 is 17.7 Å². The van der Waals surface area contributed by atoms with E-state index in [1.54, 1.807) is 0 Å². The molecule has 3 fully saturated rings. The number of amides is 3. The third-order valence-corrected chi connectivity index (χ3v) is 5.16. The topological polar surface area (TPSA) is 69.7 Å². The van der Waals surface area contributed by atoms with E-state index in [1.807, 2.05) is 4.90 Å². The normalized spacial score (nSPS) is 25.5. The largest absolute Gasteiger partial charge is 0.343 e. The summed E-state index contributed by atoms with van der Waals surface area (Å²) in [4.78, 5) is 39.6. The lowest BCUT2D eigenvalue weighted by Crippen LogP contribution is -2.47. The molecule has 0 bridgehead atoms. The van der Waals surface area contributed by atoms with Gasteiger partial charge in [-0.25, -0.2) is 0 Å². The Morgan fingerprint density at radius 3 is 2.18 bits per heavy atom. The SMILES string of the molecule is O=C1CC(CC(=O)N2CCC(N3CCCC3)CC2)CC(=O)N1. The number of nitrogens with one attached hydrogen (secondary N) is 1. The molecule has 0 atom stereocenters. The van der Waals surface area contributed by atoms with Crippen LogP contribution in [0.1, 0.15) is 44.9 Å². The molecule has 3 heterocycles. The van der Waals surface area contributed by atoms with E-state index in [1.165, 1.54) is 25.9 Å². The molecule has 0 aromatic heterocycles. The van der Waals surface area contributed by atoms with Gasteiger partial charge in [0.25, 0.3) is 0 Å². The third-order valence-electron chi connectivity index (χ3n) is 5.16. The van der Waals surface area contributed by atoms with Crippen molar-refractivity contribution < 1.29 is 14.4 Å². The summed E-state index contributed by atoms with van der Waals surface area (Å²) in [5.74, 6) is -0.513. The zero-order chi connectivity index (χ0) is 15.5. The molecule has 122 valence electrons. The van der Waals surface area contributed by atoms with E-state index in [2.05, 4.69) is 10.2 Å². The summed E-state index contributed by atoms with van der Waals surface area (Å²) in [6, 6.07) is 0.633. The van der Waals surface area contributed by atoms with Crippen molar-refractivity contribution in [1.29, 1.82) is 0 Å². The van der Waals surface area contributed by atoms with Gasteiger partial charge in [-0.15, -0.1) is 0 Å². The highest BCUT2D eigenvalue weighted by Gasteiger charge is 2.31. The molecule has 0 aromatic rings. The Morgan fingerprint density at radius 1 is 1.00 bits per heavy atom. The highest BCUT2D eigenvalue weighted by molar-refractivity contribution is 5.98. The Hall–Kier alpha value is -1.43. The summed E-state index contributed by atoms with van der Waals surface area (Å²) in [5.41, 5.74) is 0. The second-order valence-electron chi connectivity index (χ2n) is 6.80. The monoisotopic (exact) mass is 307 g/mol. The molecular weight excluding hydrogens is 282 g/mol. The van der Waals surface area contributed by atoms with Crippen LogP contribution in [0.4, 0.5) is 0 Å². The first-order chi connectivity index (χ1) is 10.6. The molecule has 3 amide bonds. The standard InChI is InChI=1S/C16H25N3O3/c20-14-9-12(10-15(21)17-14)11-16(22)19-7-3-13(4-8-19)18-5-1-2-6-18/h12-13H,1-11H2,(H,17,20,21). The fourth-order valence-electron chi connectivity index (χ4n) is 3.96. The predicted molar refractivity (Wildman–Crippen MR) is 80.9 cm³/mol. The van der Waals surface area contributed by atoms with Gasteiger partial charge in [-0.2, -0.15) is 0 Å². The van der Waals surface area contributed by atoms with Crippen LogP contribution in [-0.2, 0) is 14.4 Å². The molecule has 6 nitrogen and oxygen atoms in total. The van der Waals surface area contributed by atoms with Crippen molar-refractivity contribution in [1.82, 2.24) is 15.1 Å². The number of hydrogen-bond donors (Lipinski definition) is 1. The summed E-state index contributed by atoms with van der Waals surface area (Å²) in [7, 11) is 0. The highest BCUT2D eigenvalue weighted by atomic mass is 16.2. The molecular formula is C16H25N3O3. The molecule has 6 heteroatoms. The van der Waals surface area contributed by atoms with Gasteiger partial charge in [-0.05, 0) is 44.7 Å². The van der Waals surface area contributed by atoms with E-state index in [0.717, 1.165) is 25.9 Å². The maximum Gasteiger partial charge on any atom is 0.226 e. The molecule has 0 aliphatic carbocycles. The quantitative estimate of drug-likeness (QED) is 0.772. The van der Waals surface area contributed by atoms with E-state index in [-0.39, 0.29) is 23.6 Å². The zero-order valence-corrected chi connectivity index (χ0v) is 13.1. The number of hydrogen-bond acceptors (Lipinski definition) is 4. The molecule has 0 unspecified atom stereocenters. The first kappa shape index (κ1) is 15.5. The molecule has 0 radical (unpaired) electrons. The molecule has 0 saturated carbocycles. The lowest BCUT2D eigenvalue weighted by Gasteiger charge is -2.37. The molecule has 0 spiro atoms. The Bertz CT molecular complexity index is 436. The van der Waals surface area contributed by atoms with Gasteiger partial charge < -0.3 is 9.80 Å². The molecule has 1 N–H and O–H groups in total. The van der Waals surface area contributed by atoms with Crippen molar-refractivity contribution in [2.24, 2.45) is 5.92 Å². The van der Waals surface area contributed by atoms with Crippen LogP contribution in [0.5, 0.6) is 0 Å². The van der Waals surface area contributed by atoms with E-state index < -0.39 is 0 Å². The van der Waals surface area contributed by atoms with Crippen LogP contribution in [0.15, 0.2) is 0 Å². The number of nitrogens with zero attached hydrogens (tertiary/aromatic N) is 2. The lowest BCUT2D eigenvalue weighted by molar-refractivity contribution is -0.137. The van der Waals surface area contributed by atoms with E-state index in [9.17, 15) is 14.4 Å². The summed E-state index contributed by atoms with van der Waals surface area (Å²) in [6.07, 6.45) is 5.62. The Balaban J connectivity index is 1.45. The van der Waals surface area contributed by atoms with Crippen LogP contribution in [0, 0.1) is 5.92 Å². The predicted octanol–water partition coefficient (Wildman–Crippen LogP) is 0.516. The van der Waals surface area contributed by atoms with Crippen LogP contribution < -0.4 is 5.32 Å². The number of carbonyl (C=O) groups is 3. The van der Waals surface area contributed by atoms with Crippen molar-refractivity contribution in [3.8, 4) is 0 Å². The van der Waals surface area contributed by atoms with Gasteiger partial charge in [-0.3, -0.25) is 19.7 Å². The van der Waals surface area contributed by atoms with Crippen molar-refractivity contribution in [3.63, 3.8) is 0 Å². The Kier molecular flexibility index (Phi) is 4.76. The average molecular weight is 307 g/mol. The van der Waals surface area contributed by atoms with Crippen molar-refractivity contribution in [3.05, 3.63) is 0 Å². The average Bonchev–Trinajstić information content (AvgIpc) is 3.00. The van der Waals surface area contributed by atoms with Crippen LogP contribution in [-0.4, -0.2) is 59.7 Å².